The summed E-state index contributed by atoms with van der Waals surface area (Å²) >= 11 is 0. The second-order valence-electron chi connectivity index (χ2n) is 3.44. The highest BCUT2D eigenvalue weighted by atomic mass is 16.6. The monoisotopic (exact) mass is 234 g/mol. The number of carbonyl (C=O) groups is 1. The molecule has 0 aliphatic heterocycles. The summed E-state index contributed by atoms with van der Waals surface area (Å²) in [5, 5.41) is 28.3. The quantitative estimate of drug-likeness (QED) is 0.630. The van der Waals surface area contributed by atoms with E-state index >= 15 is 0 Å². The summed E-state index contributed by atoms with van der Waals surface area (Å²) in [6.45, 7) is 1.75. The van der Waals surface area contributed by atoms with Gasteiger partial charge in [0, 0.05) is 6.07 Å². The zero-order valence-corrected chi connectivity index (χ0v) is 9.14. The number of aliphatic carboxylic acids is 1. The zero-order valence-electron chi connectivity index (χ0n) is 9.14. The largest absolute Gasteiger partial charge is 0.481 e. The van der Waals surface area contributed by atoms with Crippen LogP contribution in [0.1, 0.15) is 23.6 Å². The van der Waals surface area contributed by atoms with Gasteiger partial charge in [0.2, 0.25) is 0 Å². The first kappa shape index (κ1) is 12.6. The molecule has 88 valence electrons. The van der Waals surface area contributed by atoms with Crippen LogP contribution in [0, 0.1) is 21.4 Å². The molecule has 17 heavy (non-hydrogen) atoms. The maximum atomic E-state index is 10.8. The van der Waals surface area contributed by atoms with E-state index in [2.05, 4.69) is 0 Å². The number of nitrogens with zero attached hydrogens (tertiary/aromatic N) is 2. The average molecular weight is 234 g/mol. The fraction of sp³-hybridized carbons (Fsp3) is 0.273. The molecular weight excluding hydrogens is 224 g/mol. The van der Waals surface area contributed by atoms with E-state index in [1.54, 1.807) is 13.0 Å². The van der Waals surface area contributed by atoms with Crippen molar-refractivity contribution in [2.45, 2.75) is 19.8 Å². The molecule has 1 rings (SSSR count). The van der Waals surface area contributed by atoms with Gasteiger partial charge < -0.3 is 5.11 Å². The summed E-state index contributed by atoms with van der Waals surface area (Å²) in [6, 6.07) is 4.46. The molecule has 0 aromatic heterocycles. The molecule has 0 unspecified atom stereocenters. The lowest BCUT2D eigenvalue weighted by atomic mass is 9.99. The van der Waals surface area contributed by atoms with Gasteiger partial charge in [-0.2, -0.15) is 5.26 Å². The van der Waals surface area contributed by atoms with E-state index in [1.165, 1.54) is 6.07 Å². The molecule has 1 aromatic rings. The number of hydrogen-bond acceptors (Lipinski definition) is 4. The molecule has 1 aromatic carbocycles. The Labute approximate surface area is 97.3 Å². The summed E-state index contributed by atoms with van der Waals surface area (Å²) in [5.41, 5.74) is 0.507. The SMILES string of the molecule is CCc1cc(CC(=O)O)cc([N+](=O)[O-])c1C#N. The Kier molecular flexibility index (Phi) is 3.78. The van der Waals surface area contributed by atoms with Gasteiger partial charge in [0.25, 0.3) is 5.69 Å². The molecule has 6 nitrogen and oxygen atoms in total. The summed E-state index contributed by atoms with van der Waals surface area (Å²) in [6.07, 6.45) is 0.150. The van der Waals surface area contributed by atoms with Gasteiger partial charge in [-0.25, -0.2) is 0 Å². The lowest BCUT2D eigenvalue weighted by Gasteiger charge is -2.05. The van der Waals surface area contributed by atoms with Crippen LogP contribution in [0.5, 0.6) is 0 Å². The minimum atomic E-state index is -1.06. The summed E-state index contributed by atoms with van der Waals surface area (Å²) in [7, 11) is 0. The van der Waals surface area contributed by atoms with Gasteiger partial charge in [-0.1, -0.05) is 13.0 Å². The number of aryl methyl sites for hydroxylation is 1. The molecule has 1 N–H and O–H groups in total. The summed E-state index contributed by atoms with van der Waals surface area (Å²) in [5.74, 6) is -1.06. The Morgan fingerprint density at radius 2 is 2.24 bits per heavy atom. The molecule has 0 aliphatic carbocycles. The highest BCUT2D eigenvalue weighted by Crippen LogP contribution is 2.24. The third-order valence-corrected chi connectivity index (χ3v) is 2.30. The fourth-order valence-electron chi connectivity index (χ4n) is 1.58. The maximum absolute atomic E-state index is 10.8. The fourth-order valence-corrected chi connectivity index (χ4v) is 1.58. The molecule has 0 bridgehead atoms. The molecule has 0 amide bonds. The molecule has 0 heterocycles. The van der Waals surface area contributed by atoms with Crippen LogP contribution in [0.25, 0.3) is 0 Å². The topological polar surface area (TPSA) is 104 Å². The van der Waals surface area contributed by atoms with Crippen molar-refractivity contribution in [3.63, 3.8) is 0 Å². The normalized spacial score (nSPS) is 9.65. The van der Waals surface area contributed by atoms with E-state index < -0.39 is 10.9 Å². The Morgan fingerprint density at radius 1 is 1.59 bits per heavy atom. The predicted molar refractivity (Wildman–Crippen MR) is 58.5 cm³/mol. The van der Waals surface area contributed by atoms with Crippen molar-refractivity contribution in [2.75, 3.05) is 0 Å². The second kappa shape index (κ2) is 5.07. The molecule has 0 saturated heterocycles. The molecular formula is C11H10N2O4. The van der Waals surface area contributed by atoms with Crippen molar-refractivity contribution in [3.8, 4) is 6.07 Å². The van der Waals surface area contributed by atoms with E-state index in [4.69, 9.17) is 10.4 Å². The number of nitriles is 1. The smallest absolute Gasteiger partial charge is 0.307 e. The number of nitro benzene ring substituents is 1. The first-order valence-corrected chi connectivity index (χ1v) is 4.91. The number of carboxylic acids is 1. The van der Waals surface area contributed by atoms with Crippen LogP contribution in [-0.2, 0) is 17.6 Å². The molecule has 6 heteroatoms. The molecule has 0 aliphatic rings. The van der Waals surface area contributed by atoms with Gasteiger partial charge in [-0.15, -0.1) is 0 Å². The van der Waals surface area contributed by atoms with Crippen molar-refractivity contribution >= 4 is 11.7 Å². The first-order valence-electron chi connectivity index (χ1n) is 4.91. The summed E-state index contributed by atoms with van der Waals surface area (Å²) in [4.78, 5) is 20.7. The molecule has 0 saturated carbocycles. The molecule has 0 fully saturated rings. The first-order chi connectivity index (χ1) is 7.99. The van der Waals surface area contributed by atoms with Crippen LogP contribution < -0.4 is 0 Å². The molecule has 0 spiro atoms. The minimum absolute atomic E-state index is 0.00615. The Morgan fingerprint density at radius 3 is 2.65 bits per heavy atom. The van der Waals surface area contributed by atoms with Gasteiger partial charge in [0.1, 0.15) is 11.6 Å². The van der Waals surface area contributed by atoms with Crippen LogP contribution >= 0.6 is 0 Å². The van der Waals surface area contributed by atoms with E-state index in [9.17, 15) is 14.9 Å². The number of benzene rings is 1. The Hall–Kier alpha value is -2.42. The van der Waals surface area contributed by atoms with E-state index in [0.29, 0.717) is 17.5 Å². The van der Waals surface area contributed by atoms with Gasteiger partial charge in [-0.3, -0.25) is 14.9 Å². The highest BCUT2D eigenvalue weighted by molar-refractivity contribution is 5.71. The van der Waals surface area contributed by atoms with Crippen LogP contribution in [0.3, 0.4) is 0 Å². The zero-order chi connectivity index (χ0) is 13.0. The lowest BCUT2D eigenvalue weighted by molar-refractivity contribution is -0.385. The van der Waals surface area contributed by atoms with Crippen molar-refractivity contribution in [1.29, 1.82) is 5.26 Å². The van der Waals surface area contributed by atoms with Crippen LogP contribution in [0.4, 0.5) is 5.69 Å². The third-order valence-electron chi connectivity index (χ3n) is 2.30. The second-order valence-corrected chi connectivity index (χ2v) is 3.44. The number of rotatable bonds is 4. The van der Waals surface area contributed by atoms with Gasteiger partial charge in [-0.05, 0) is 17.5 Å². The van der Waals surface area contributed by atoms with Gasteiger partial charge in [0.15, 0.2) is 0 Å². The van der Waals surface area contributed by atoms with Crippen molar-refractivity contribution in [3.05, 3.63) is 38.9 Å². The van der Waals surface area contributed by atoms with E-state index in [-0.39, 0.29) is 17.7 Å². The molecule has 0 radical (unpaired) electrons. The van der Waals surface area contributed by atoms with Crippen LogP contribution in [-0.4, -0.2) is 16.0 Å². The van der Waals surface area contributed by atoms with Crippen molar-refractivity contribution in [2.24, 2.45) is 0 Å². The minimum Gasteiger partial charge on any atom is -0.481 e. The van der Waals surface area contributed by atoms with Crippen molar-refractivity contribution < 1.29 is 14.8 Å². The van der Waals surface area contributed by atoms with E-state index in [1.807, 2.05) is 0 Å². The Balaban J connectivity index is 3.41. The predicted octanol–water partition coefficient (Wildman–Crippen LogP) is 1.66. The van der Waals surface area contributed by atoms with E-state index in [0.717, 1.165) is 6.07 Å². The van der Waals surface area contributed by atoms with Crippen LogP contribution in [0.2, 0.25) is 0 Å². The highest BCUT2D eigenvalue weighted by Gasteiger charge is 2.19. The van der Waals surface area contributed by atoms with Gasteiger partial charge >= 0.3 is 5.97 Å². The van der Waals surface area contributed by atoms with Gasteiger partial charge in [0.05, 0.1) is 11.3 Å². The maximum Gasteiger partial charge on any atom is 0.307 e. The van der Waals surface area contributed by atoms with Crippen molar-refractivity contribution in [1.82, 2.24) is 0 Å². The lowest BCUT2D eigenvalue weighted by Crippen LogP contribution is -2.04. The molecule has 0 atom stereocenters. The average Bonchev–Trinajstić information content (AvgIpc) is 2.26. The number of carboxylic acid groups (broad SMARTS) is 1. The van der Waals surface area contributed by atoms with Crippen LogP contribution in [0.15, 0.2) is 12.1 Å². The number of hydrogen-bond donors (Lipinski definition) is 1. The number of nitro groups is 1. The third kappa shape index (κ3) is 2.78. The standard InChI is InChI=1S/C11H10N2O4/c1-2-8-3-7(5-11(14)15)4-10(13(16)17)9(8)6-12/h3-4H,2,5H2,1H3,(H,14,15). The Bertz CT molecular complexity index is 517. The summed E-state index contributed by atoms with van der Waals surface area (Å²) < 4.78 is 0.